The Morgan fingerprint density at radius 2 is 1.28 bits per heavy atom. The fraction of sp³-hybridized carbons (Fsp3) is 0.350. The first kappa shape index (κ1) is 39.9. The van der Waals surface area contributed by atoms with Crippen LogP contribution in [0, 0.1) is 13.8 Å². The van der Waals surface area contributed by atoms with Crippen molar-refractivity contribution in [3.05, 3.63) is 167 Å². The van der Waals surface area contributed by atoms with Gasteiger partial charge in [-0.3, -0.25) is 28.7 Å². The number of rotatable bonds is 14. The van der Waals surface area contributed by atoms with Crippen LogP contribution in [0.25, 0.3) is 0 Å². The Morgan fingerprint density at radius 1 is 0.754 bits per heavy atom. The van der Waals surface area contributed by atoms with Crippen LogP contribution in [0.2, 0.25) is 0 Å². The van der Waals surface area contributed by atoms with E-state index in [-0.39, 0.29) is 37.2 Å². The van der Waals surface area contributed by atoms with Crippen LogP contribution in [0.1, 0.15) is 53.1 Å². The minimum atomic E-state index is -2.88. The standard InChI is InChI=1S/C40H41N4O12P/c1-24-20-43(38(48)41-36(24)46)34-18-29(45)32(54-34)23-53-57(50)56-31-19-35(44-21-25(2)37(47)42-39(44)49)55-33(31)22-52-40(26-12-6-4-7-13-26,27-14-8-5-9-15-27)28-16-10-11-17-30(28)51-3/h4-17,20-21,29,31-35,45H,18-19,22-23H2,1-3H3,(H-,41,42,46,47,48,49)/p+1/t29-,31-,32+,33+,34+,35+/m0/s1. The van der Waals surface area contributed by atoms with Crippen molar-refractivity contribution in [2.24, 2.45) is 0 Å². The van der Waals surface area contributed by atoms with E-state index in [2.05, 4.69) is 9.97 Å². The van der Waals surface area contributed by atoms with E-state index in [0.29, 0.717) is 11.3 Å². The summed E-state index contributed by atoms with van der Waals surface area (Å²) in [4.78, 5) is 54.0. The molecule has 57 heavy (non-hydrogen) atoms. The van der Waals surface area contributed by atoms with Crippen molar-refractivity contribution in [3.8, 4) is 5.75 Å². The molecule has 16 nitrogen and oxygen atoms in total. The molecule has 7 rings (SSSR count). The number of hydrogen-bond acceptors (Lipinski definition) is 12. The fourth-order valence-electron chi connectivity index (χ4n) is 7.25. The number of methoxy groups -OCH3 is 1. The molecule has 3 aromatic carbocycles. The highest BCUT2D eigenvalue weighted by molar-refractivity contribution is 7.33. The van der Waals surface area contributed by atoms with Gasteiger partial charge in [0.25, 0.3) is 11.1 Å². The largest absolute Gasteiger partial charge is 0.697 e. The molecule has 4 heterocycles. The van der Waals surface area contributed by atoms with Crippen LogP contribution in [0.4, 0.5) is 0 Å². The van der Waals surface area contributed by atoms with Gasteiger partial charge in [0.1, 0.15) is 48.7 Å². The Hall–Kier alpha value is -5.32. The number of para-hydroxylation sites is 1. The van der Waals surface area contributed by atoms with Crippen LogP contribution in [0.3, 0.4) is 0 Å². The molecule has 17 heteroatoms. The maximum absolute atomic E-state index is 13.5. The summed E-state index contributed by atoms with van der Waals surface area (Å²) >= 11 is 0. The number of hydrogen-bond donors (Lipinski definition) is 3. The zero-order valence-corrected chi connectivity index (χ0v) is 32.2. The van der Waals surface area contributed by atoms with Gasteiger partial charge in [-0.1, -0.05) is 78.9 Å². The lowest BCUT2D eigenvalue weighted by Gasteiger charge is -2.37. The van der Waals surface area contributed by atoms with E-state index in [1.807, 2.05) is 84.9 Å². The van der Waals surface area contributed by atoms with Crippen molar-refractivity contribution in [3.63, 3.8) is 0 Å². The summed E-state index contributed by atoms with van der Waals surface area (Å²) in [5.74, 6) is 0.564. The van der Waals surface area contributed by atoms with Crippen molar-refractivity contribution in [2.45, 2.75) is 69.2 Å². The molecule has 2 fully saturated rings. The van der Waals surface area contributed by atoms with E-state index in [1.54, 1.807) is 14.0 Å². The summed E-state index contributed by atoms with van der Waals surface area (Å²) < 4.78 is 52.7. The molecule has 0 radical (unpaired) electrons. The Morgan fingerprint density at radius 3 is 1.86 bits per heavy atom. The molecule has 2 saturated heterocycles. The number of aromatic amines is 2. The average molecular weight is 802 g/mol. The molecule has 2 aliphatic heterocycles. The summed E-state index contributed by atoms with van der Waals surface area (Å²) in [5, 5.41) is 10.7. The highest BCUT2D eigenvalue weighted by Gasteiger charge is 2.48. The molecule has 2 aliphatic rings. The van der Waals surface area contributed by atoms with Gasteiger partial charge < -0.3 is 24.1 Å². The van der Waals surface area contributed by atoms with Gasteiger partial charge in [-0.05, 0) is 31.0 Å². The van der Waals surface area contributed by atoms with Gasteiger partial charge in [-0.15, -0.1) is 9.05 Å². The first-order valence-corrected chi connectivity index (χ1v) is 19.4. The minimum absolute atomic E-state index is 0.0126. The number of benzene rings is 3. The van der Waals surface area contributed by atoms with E-state index in [1.165, 1.54) is 28.5 Å². The Labute approximate surface area is 326 Å². The maximum Gasteiger partial charge on any atom is 0.697 e. The molecule has 0 saturated carbocycles. The lowest BCUT2D eigenvalue weighted by atomic mass is 9.79. The Balaban J connectivity index is 1.16. The molecule has 3 N–H and O–H groups in total. The summed E-state index contributed by atoms with van der Waals surface area (Å²) in [7, 11) is -1.30. The van der Waals surface area contributed by atoms with Crippen molar-refractivity contribution in [1.29, 1.82) is 0 Å². The fourth-order valence-corrected chi connectivity index (χ4v) is 8.03. The number of H-pyrrole nitrogens is 2. The topological polar surface area (TPSA) is 202 Å². The molecular formula is C40H42N4O12P+. The number of ether oxygens (including phenoxy) is 4. The second kappa shape index (κ2) is 17.0. The first-order chi connectivity index (χ1) is 27.5. The molecule has 2 aromatic heterocycles. The molecule has 0 amide bonds. The lowest BCUT2D eigenvalue weighted by molar-refractivity contribution is -0.0930. The third kappa shape index (κ3) is 8.25. The Kier molecular flexibility index (Phi) is 11.9. The van der Waals surface area contributed by atoms with Crippen LogP contribution in [0.5, 0.6) is 5.75 Å². The highest BCUT2D eigenvalue weighted by atomic mass is 31.1. The van der Waals surface area contributed by atoms with Crippen molar-refractivity contribution in [1.82, 2.24) is 19.1 Å². The summed E-state index contributed by atoms with van der Waals surface area (Å²) in [6.07, 6.45) is -3.08. The van der Waals surface area contributed by atoms with E-state index in [9.17, 15) is 28.8 Å². The SMILES string of the molecule is COc1ccccc1C(OC[C@H]1O[C@@H](n2cc(C)c(=O)[nH]c2=O)C[C@@H]1O[P+](=O)OC[C@H]1O[C@@H](n2cc(C)c(=O)[nH]c2=O)C[C@@H]1O)(c1ccccc1)c1ccccc1. The second-order valence-electron chi connectivity index (χ2n) is 13.8. The summed E-state index contributed by atoms with van der Waals surface area (Å²) in [5.41, 5.74) is -0.907. The number of aromatic nitrogens is 4. The number of aliphatic hydroxyl groups excluding tert-OH is 1. The smallest absolute Gasteiger partial charge is 0.496 e. The van der Waals surface area contributed by atoms with Crippen LogP contribution >= 0.6 is 8.25 Å². The van der Waals surface area contributed by atoms with Crippen LogP contribution < -0.4 is 27.2 Å². The molecule has 0 aliphatic carbocycles. The summed E-state index contributed by atoms with van der Waals surface area (Å²) in [6, 6.07) is 26.7. The van der Waals surface area contributed by atoms with Gasteiger partial charge in [-0.2, -0.15) is 0 Å². The maximum atomic E-state index is 13.5. The van der Waals surface area contributed by atoms with E-state index >= 15 is 0 Å². The van der Waals surface area contributed by atoms with Gasteiger partial charge in [0.15, 0.2) is 0 Å². The van der Waals surface area contributed by atoms with E-state index < -0.39 is 73.2 Å². The zero-order chi connectivity index (χ0) is 40.3. The zero-order valence-electron chi connectivity index (χ0n) is 31.3. The van der Waals surface area contributed by atoms with Crippen LogP contribution in [0.15, 0.2) is 117 Å². The lowest BCUT2D eigenvalue weighted by Crippen LogP contribution is -2.38. The Bertz CT molecular complexity index is 2410. The average Bonchev–Trinajstić information content (AvgIpc) is 3.79. The van der Waals surface area contributed by atoms with Gasteiger partial charge in [0, 0.05) is 46.5 Å². The van der Waals surface area contributed by atoms with Crippen LogP contribution in [-0.4, -0.2) is 68.9 Å². The van der Waals surface area contributed by atoms with Crippen molar-refractivity contribution >= 4 is 8.25 Å². The van der Waals surface area contributed by atoms with E-state index in [4.69, 9.17) is 28.0 Å². The third-order valence-corrected chi connectivity index (χ3v) is 11.0. The molecule has 7 atom stereocenters. The van der Waals surface area contributed by atoms with Gasteiger partial charge in [0.05, 0.1) is 19.8 Å². The normalized spacial score (nSPS) is 22.4. The molecule has 1 unspecified atom stereocenters. The quantitative estimate of drug-likeness (QED) is 0.109. The highest BCUT2D eigenvalue weighted by Crippen LogP contribution is 2.46. The van der Waals surface area contributed by atoms with Gasteiger partial charge >= 0.3 is 19.6 Å². The molecule has 0 bridgehead atoms. The van der Waals surface area contributed by atoms with Gasteiger partial charge in [-0.25, -0.2) is 9.59 Å². The molecule has 0 spiro atoms. The number of aryl methyl sites for hydroxylation is 2. The van der Waals surface area contributed by atoms with Crippen molar-refractivity contribution < 1.29 is 37.7 Å². The monoisotopic (exact) mass is 801 g/mol. The molecule has 298 valence electrons. The first-order valence-electron chi connectivity index (χ1n) is 18.3. The van der Waals surface area contributed by atoms with E-state index in [0.717, 1.165) is 11.1 Å². The third-order valence-electron chi connectivity index (χ3n) is 10.2. The van der Waals surface area contributed by atoms with Crippen molar-refractivity contribution in [2.75, 3.05) is 20.3 Å². The summed E-state index contributed by atoms with van der Waals surface area (Å²) in [6.45, 7) is 2.58. The van der Waals surface area contributed by atoms with Crippen LogP contribution in [-0.2, 0) is 33.4 Å². The number of nitrogens with one attached hydrogen (secondary N) is 2. The number of nitrogens with zero attached hydrogens (tertiary/aromatic N) is 2. The minimum Gasteiger partial charge on any atom is -0.496 e. The number of aliphatic hydroxyl groups is 1. The predicted octanol–water partition coefficient (Wildman–Crippen LogP) is 3.72. The molecule has 5 aromatic rings. The predicted molar refractivity (Wildman–Crippen MR) is 205 cm³/mol. The van der Waals surface area contributed by atoms with Gasteiger partial charge in [0.2, 0.25) is 0 Å². The molecular weight excluding hydrogens is 759 g/mol. The second-order valence-corrected chi connectivity index (χ2v) is 14.8.